The largest absolute Gasteiger partial charge is 0.484 e. The van der Waals surface area contributed by atoms with E-state index in [1.165, 1.54) is 0 Å². The number of amides is 2. The van der Waals surface area contributed by atoms with Crippen LogP contribution in [0.5, 0.6) is 5.75 Å². The number of halogens is 1. The summed E-state index contributed by atoms with van der Waals surface area (Å²) in [6.45, 7) is 1.95. The molecule has 5 nitrogen and oxygen atoms in total. The van der Waals surface area contributed by atoms with Gasteiger partial charge >= 0.3 is 0 Å². The number of ether oxygens (including phenoxy) is 1. The monoisotopic (exact) mass is 414 g/mol. The molecule has 0 aromatic heterocycles. The zero-order valence-corrected chi connectivity index (χ0v) is 17.4. The van der Waals surface area contributed by atoms with Crippen LogP contribution in [-0.2, 0) is 16.1 Å². The summed E-state index contributed by atoms with van der Waals surface area (Å²) in [7, 11) is 0. The molecule has 0 unspecified atom stereocenters. The molecule has 1 aliphatic carbocycles. The van der Waals surface area contributed by atoms with Gasteiger partial charge in [0.25, 0.3) is 5.91 Å². The summed E-state index contributed by atoms with van der Waals surface area (Å²) in [6, 6.07) is 16.2. The Morgan fingerprint density at radius 2 is 1.86 bits per heavy atom. The van der Waals surface area contributed by atoms with Crippen LogP contribution in [-0.4, -0.2) is 35.4 Å². The number of carbonyl (C=O) groups is 2. The van der Waals surface area contributed by atoms with Gasteiger partial charge in [-0.2, -0.15) is 0 Å². The molecule has 1 N–H and O–H groups in total. The molecule has 1 atom stereocenters. The van der Waals surface area contributed by atoms with E-state index < -0.39 is 6.04 Å². The van der Waals surface area contributed by atoms with E-state index in [4.69, 9.17) is 16.3 Å². The summed E-state index contributed by atoms with van der Waals surface area (Å²) in [4.78, 5) is 27.3. The molecule has 1 saturated carbocycles. The van der Waals surface area contributed by atoms with E-state index in [0.717, 1.165) is 31.2 Å². The summed E-state index contributed by atoms with van der Waals surface area (Å²) < 4.78 is 5.62. The molecular formula is C23H27ClN2O3. The lowest BCUT2D eigenvalue weighted by Gasteiger charge is -2.29. The summed E-state index contributed by atoms with van der Waals surface area (Å²) in [5, 5.41) is 3.63. The van der Waals surface area contributed by atoms with Gasteiger partial charge in [0.1, 0.15) is 11.8 Å². The first kappa shape index (κ1) is 21.2. The summed E-state index contributed by atoms with van der Waals surface area (Å²) in [5.41, 5.74) is 0.962. The quantitative estimate of drug-likeness (QED) is 0.704. The Morgan fingerprint density at radius 1 is 1.14 bits per heavy atom. The van der Waals surface area contributed by atoms with Crippen LogP contribution in [0.15, 0.2) is 54.6 Å². The minimum atomic E-state index is -0.591. The van der Waals surface area contributed by atoms with Crippen molar-refractivity contribution >= 4 is 23.4 Å². The van der Waals surface area contributed by atoms with Gasteiger partial charge in [-0.1, -0.05) is 60.8 Å². The maximum absolute atomic E-state index is 13.0. The average molecular weight is 415 g/mol. The van der Waals surface area contributed by atoms with Crippen LogP contribution in [0.4, 0.5) is 0 Å². The minimum Gasteiger partial charge on any atom is -0.484 e. The molecule has 3 rings (SSSR count). The molecule has 1 fully saturated rings. The van der Waals surface area contributed by atoms with E-state index in [9.17, 15) is 9.59 Å². The van der Waals surface area contributed by atoms with E-state index in [1.807, 2.05) is 30.3 Å². The summed E-state index contributed by atoms with van der Waals surface area (Å²) in [5.74, 6) is 0.153. The van der Waals surface area contributed by atoms with Crippen molar-refractivity contribution in [2.75, 3.05) is 6.61 Å². The first-order valence-electron chi connectivity index (χ1n) is 10.0. The molecule has 29 heavy (non-hydrogen) atoms. The van der Waals surface area contributed by atoms with Crippen molar-refractivity contribution in [1.29, 1.82) is 0 Å². The van der Waals surface area contributed by atoms with Gasteiger partial charge in [0.2, 0.25) is 5.91 Å². The Kier molecular flexibility index (Phi) is 7.53. The lowest BCUT2D eigenvalue weighted by atomic mass is 10.1. The standard InChI is InChI=1S/C23H27ClN2O3/c1-17(23(28)25-20-11-5-6-12-20)26(15-18-8-3-2-4-9-18)22(27)16-29-21-13-7-10-19(24)14-21/h2-4,7-10,13-14,17,20H,5-6,11-12,15-16H2,1H3,(H,25,28)/t17-/m0/s1. The molecule has 0 heterocycles. The molecule has 0 saturated heterocycles. The number of carbonyl (C=O) groups excluding carboxylic acids is 2. The van der Waals surface area contributed by atoms with Crippen molar-refractivity contribution in [2.45, 2.75) is 51.2 Å². The van der Waals surface area contributed by atoms with Gasteiger partial charge in [-0.05, 0) is 43.5 Å². The normalized spacial score (nSPS) is 15.0. The van der Waals surface area contributed by atoms with Crippen molar-refractivity contribution in [3.8, 4) is 5.75 Å². The van der Waals surface area contributed by atoms with Gasteiger partial charge in [-0.25, -0.2) is 0 Å². The number of hydrogen-bond acceptors (Lipinski definition) is 3. The third-order valence-electron chi connectivity index (χ3n) is 5.22. The van der Waals surface area contributed by atoms with Gasteiger partial charge in [0, 0.05) is 17.6 Å². The Morgan fingerprint density at radius 3 is 2.55 bits per heavy atom. The summed E-state index contributed by atoms with van der Waals surface area (Å²) >= 11 is 5.97. The zero-order chi connectivity index (χ0) is 20.6. The lowest BCUT2D eigenvalue weighted by Crippen LogP contribution is -2.50. The maximum atomic E-state index is 13.0. The highest BCUT2D eigenvalue weighted by atomic mass is 35.5. The first-order valence-corrected chi connectivity index (χ1v) is 10.4. The van der Waals surface area contributed by atoms with Crippen molar-refractivity contribution in [3.63, 3.8) is 0 Å². The predicted octanol–water partition coefficient (Wildman–Crippen LogP) is 4.19. The Hall–Kier alpha value is -2.53. The van der Waals surface area contributed by atoms with E-state index >= 15 is 0 Å². The first-order chi connectivity index (χ1) is 14.0. The average Bonchev–Trinajstić information content (AvgIpc) is 3.23. The molecule has 154 valence electrons. The highest BCUT2D eigenvalue weighted by molar-refractivity contribution is 6.30. The Bertz CT molecular complexity index is 822. The Balaban J connectivity index is 1.68. The molecule has 6 heteroatoms. The SMILES string of the molecule is C[C@@H](C(=O)NC1CCCC1)N(Cc1ccccc1)C(=O)COc1cccc(Cl)c1. The van der Waals surface area contributed by atoms with Gasteiger partial charge in [-0.3, -0.25) is 9.59 Å². The van der Waals surface area contributed by atoms with Crippen molar-refractivity contribution in [1.82, 2.24) is 10.2 Å². The summed E-state index contributed by atoms with van der Waals surface area (Å²) in [6.07, 6.45) is 4.28. The maximum Gasteiger partial charge on any atom is 0.261 e. The smallest absolute Gasteiger partial charge is 0.261 e. The number of benzene rings is 2. The van der Waals surface area contributed by atoms with Gasteiger partial charge < -0.3 is 15.0 Å². The van der Waals surface area contributed by atoms with Crippen LogP contribution in [0, 0.1) is 0 Å². The van der Waals surface area contributed by atoms with Crippen LogP contribution >= 0.6 is 11.6 Å². The number of nitrogens with one attached hydrogen (secondary N) is 1. The van der Waals surface area contributed by atoms with Crippen molar-refractivity contribution < 1.29 is 14.3 Å². The van der Waals surface area contributed by atoms with E-state index in [0.29, 0.717) is 17.3 Å². The van der Waals surface area contributed by atoms with E-state index in [-0.39, 0.29) is 24.5 Å². The second-order valence-electron chi connectivity index (χ2n) is 7.42. The highest BCUT2D eigenvalue weighted by Gasteiger charge is 2.28. The molecule has 2 amide bonds. The molecule has 0 bridgehead atoms. The minimum absolute atomic E-state index is 0.121. The van der Waals surface area contributed by atoms with Crippen LogP contribution in [0.25, 0.3) is 0 Å². The van der Waals surface area contributed by atoms with E-state index in [2.05, 4.69) is 5.32 Å². The third kappa shape index (κ3) is 6.23. The van der Waals surface area contributed by atoms with Crippen molar-refractivity contribution in [3.05, 3.63) is 65.2 Å². The van der Waals surface area contributed by atoms with Crippen LogP contribution < -0.4 is 10.1 Å². The van der Waals surface area contributed by atoms with Gasteiger partial charge in [-0.15, -0.1) is 0 Å². The third-order valence-corrected chi connectivity index (χ3v) is 5.46. The van der Waals surface area contributed by atoms with Crippen molar-refractivity contribution in [2.24, 2.45) is 0 Å². The van der Waals surface area contributed by atoms with Gasteiger partial charge in [0.05, 0.1) is 0 Å². The molecular weight excluding hydrogens is 388 g/mol. The molecule has 2 aromatic carbocycles. The van der Waals surface area contributed by atoms with Crippen LogP contribution in [0.1, 0.15) is 38.2 Å². The number of nitrogens with zero attached hydrogens (tertiary/aromatic N) is 1. The fraction of sp³-hybridized carbons (Fsp3) is 0.391. The highest BCUT2D eigenvalue weighted by Crippen LogP contribution is 2.19. The fourth-order valence-corrected chi connectivity index (χ4v) is 3.72. The topological polar surface area (TPSA) is 58.6 Å². The molecule has 0 aliphatic heterocycles. The Labute approximate surface area is 177 Å². The lowest BCUT2D eigenvalue weighted by molar-refractivity contribution is -0.142. The second kappa shape index (κ2) is 10.3. The van der Waals surface area contributed by atoms with Gasteiger partial charge in [0.15, 0.2) is 6.61 Å². The zero-order valence-electron chi connectivity index (χ0n) is 16.6. The fourth-order valence-electron chi connectivity index (χ4n) is 3.54. The molecule has 0 radical (unpaired) electrons. The molecule has 0 spiro atoms. The predicted molar refractivity (Wildman–Crippen MR) is 114 cm³/mol. The second-order valence-corrected chi connectivity index (χ2v) is 7.86. The van der Waals surface area contributed by atoms with Crippen LogP contribution in [0.3, 0.4) is 0 Å². The number of hydrogen-bond donors (Lipinski definition) is 1. The molecule has 2 aromatic rings. The van der Waals surface area contributed by atoms with Crippen LogP contribution in [0.2, 0.25) is 5.02 Å². The molecule has 1 aliphatic rings. The number of rotatable bonds is 8. The van der Waals surface area contributed by atoms with E-state index in [1.54, 1.807) is 36.1 Å².